The number of hydrogen-bond acceptors (Lipinski definition) is 5. The molecule has 0 bridgehead atoms. The fraction of sp³-hybridized carbons (Fsp3) is 0.625. The maximum atomic E-state index is 13.3. The highest BCUT2D eigenvalue weighted by molar-refractivity contribution is 5.99. The van der Waals surface area contributed by atoms with E-state index in [-0.39, 0.29) is 42.4 Å². The summed E-state index contributed by atoms with van der Waals surface area (Å²) in [4.78, 5) is 41.4. The first-order valence-corrected chi connectivity index (χ1v) is 11.4. The van der Waals surface area contributed by atoms with Crippen LogP contribution in [0.1, 0.15) is 57.3 Å². The van der Waals surface area contributed by atoms with Gasteiger partial charge < -0.3 is 24.6 Å². The van der Waals surface area contributed by atoms with Gasteiger partial charge in [-0.15, -0.1) is 0 Å². The number of nitrogens with zero attached hydrogens (tertiary/aromatic N) is 2. The number of benzene rings is 1. The van der Waals surface area contributed by atoms with Gasteiger partial charge in [0.15, 0.2) is 0 Å². The predicted molar refractivity (Wildman–Crippen MR) is 124 cm³/mol. The summed E-state index contributed by atoms with van der Waals surface area (Å²) in [5.41, 5.74) is 0.914. The molecule has 1 heterocycles. The van der Waals surface area contributed by atoms with E-state index in [9.17, 15) is 14.4 Å². The lowest BCUT2D eigenvalue weighted by Crippen LogP contribution is -2.48. The van der Waals surface area contributed by atoms with Crippen molar-refractivity contribution in [2.24, 2.45) is 5.92 Å². The zero-order valence-electron chi connectivity index (χ0n) is 20.1. The second-order valence-electron chi connectivity index (χ2n) is 8.51. The molecule has 8 nitrogen and oxygen atoms in total. The summed E-state index contributed by atoms with van der Waals surface area (Å²) in [5.74, 6) is 0.187. The fourth-order valence-corrected chi connectivity index (χ4v) is 3.86. The molecule has 1 aromatic carbocycles. The first-order chi connectivity index (χ1) is 15.2. The zero-order valence-corrected chi connectivity index (χ0v) is 20.1. The van der Waals surface area contributed by atoms with E-state index in [1.807, 2.05) is 32.6 Å². The van der Waals surface area contributed by atoms with Gasteiger partial charge in [0.05, 0.1) is 17.7 Å². The molecule has 0 saturated heterocycles. The topological polar surface area (TPSA) is 88.2 Å². The summed E-state index contributed by atoms with van der Waals surface area (Å²) in [6.45, 7) is 8.89. The van der Waals surface area contributed by atoms with Gasteiger partial charge in [-0.2, -0.15) is 0 Å². The van der Waals surface area contributed by atoms with Crippen molar-refractivity contribution in [3.8, 4) is 5.75 Å². The minimum Gasteiger partial charge on any atom is -0.491 e. The number of anilines is 1. The van der Waals surface area contributed by atoms with Crippen molar-refractivity contribution in [3.05, 3.63) is 23.8 Å². The molecule has 0 unspecified atom stereocenters. The predicted octanol–water partition coefficient (Wildman–Crippen LogP) is 3.17. The maximum absolute atomic E-state index is 13.3. The monoisotopic (exact) mass is 447 g/mol. The van der Waals surface area contributed by atoms with Crippen LogP contribution in [-0.2, 0) is 14.3 Å². The highest BCUT2D eigenvalue weighted by Crippen LogP contribution is 2.26. The van der Waals surface area contributed by atoms with Crippen LogP contribution in [0.4, 0.5) is 5.69 Å². The minimum atomic E-state index is -0.237. The number of ether oxygens (including phenoxy) is 2. The molecular formula is C24H37N3O5. The molecular weight excluding hydrogens is 410 g/mol. The largest absolute Gasteiger partial charge is 0.491 e. The van der Waals surface area contributed by atoms with E-state index in [0.29, 0.717) is 42.9 Å². The summed E-state index contributed by atoms with van der Waals surface area (Å²) in [6.07, 6.45) is 1.32. The summed E-state index contributed by atoms with van der Waals surface area (Å²) in [6, 6.07) is 4.90. The molecule has 0 saturated carbocycles. The van der Waals surface area contributed by atoms with Crippen LogP contribution >= 0.6 is 0 Å². The van der Waals surface area contributed by atoms with E-state index in [2.05, 4.69) is 5.32 Å². The Bertz CT molecular complexity index is 813. The van der Waals surface area contributed by atoms with Gasteiger partial charge in [-0.25, -0.2) is 0 Å². The standard InChI is InChI=1S/C24H37N3O5/c1-7-9-22(28)25-18-10-11-20-19(12-18)24(30)26(5)14-21(31-6)16(3)13-27(23(29)8-2)17(4)15-32-20/h10-12,16-17,21H,7-9,13-15H2,1-6H3,(H,25,28)/t16-,17+,21+/m1/s1. The number of nitrogens with one attached hydrogen (secondary N) is 1. The molecule has 1 N–H and O–H groups in total. The summed E-state index contributed by atoms with van der Waals surface area (Å²) >= 11 is 0. The van der Waals surface area contributed by atoms with E-state index in [0.717, 1.165) is 6.42 Å². The van der Waals surface area contributed by atoms with Crippen molar-refractivity contribution in [1.29, 1.82) is 0 Å². The molecule has 0 aliphatic carbocycles. The third-order valence-corrected chi connectivity index (χ3v) is 5.83. The van der Waals surface area contributed by atoms with E-state index in [4.69, 9.17) is 9.47 Å². The van der Waals surface area contributed by atoms with E-state index < -0.39 is 0 Å². The minimum absolute atomic E-state index is 0.0202. The summed E-state index contributed by atoms with van der Waals surface area (Å²) in [5, 5.41) is 2.84. The molecule has 1 aliphatic heterocycles. The summed E-state index contributed by atoms with van der Waals surface area (Å²) < 4.78 is 11.7. The Balaban J connectivity index is 2.43. The fourth-order valence-electron chi connectivity index (χ4n) is 3.86. The Morgan fingerprint density at radius 1 is 1.22 bits per heavy atom. The molecule has 3 atom stereocenters. The Kier molecular flexibility index (Phi) is 9.50. The van der Waals surface area contributed by atoms with Crippen LogP contribution < -0.4 is 10.1 Å². The number of likely N-dealkylation sites (N-methyl/N-ethyl adjacent to an activating group) is 1. The third kappa shape index (κ3) is 6.45. The van der Waals surface area contributed by atoms with Crippen LogP contribution in [-0.4, -0.2) is 73.5 Å². The van der Waals surface area contributed by atoms with Crippen LogP contribution in [0, 0.1) is 5.92 Å². The summed E-state index contributed by atoms with van der Waals surface area (Å²) in [7, 11) is 3.34. The number of rotatable bonds is 5. The molecule has 178 valence electrons. The highest BCUT2D eigenvalue weighted by atomic mass is 16.5. The van der Waals surface area contributed by atoms with Gasteiger partial charge in [0.2, 0.25) is 11.8 Å². The number of carbonyl (C=O) groups is 3. The van der Waals surface area contributed by atoms with Crippen molar-refractivity contribution in [2.75, 3.05) is 39.2 Å². The van der Waals surface area contributed by atoms with Crippen LogP contribution in [0.15, 0.2) is 18.2 Å². The molecule has 1 aromatic rings. The smallest absolute Gasteiger partial charge is 0.257 e. The second kappa shape index (κ2) is 11.9. The van der Waals surface area contributed by atoms with Gasteiger partial charge in [-0.05, 0) is 31.5 Å². The first-order valence-electron chi connectivity index (χ1n) is 11.4. The lowest BCUT2D eigenvalue weighted by Gasteiger charge is -2.36. The van der Waals surface area contributed by atoms with Gasteiger partial charge in [-0.1, -0.05) is 20.8 Å². The molecule has 0 aromatic heterocycles. The van der Waals surface area contributed by atoms with Crippen molar-refractivity contribution < 1.29 is 23.9 Å². The SMILES string of the molecule is CCCC(=O)Nc1ccc2c(c1)C(=O)N(C)C[C@H](OC)[C@H](C)CN(C(=O)CC)[C@@H](C)CO2. The van der Waals surface area contributed by atoms with Crippen molar-refractivity contribution >= 4 is 23.4 Å². The number of hydrogen-bond donors (Lipinski definition) is 1. The van der Waals surface area contributed by atoms with Crippen LogP contribution in [0.5, 0.6) is 5.75 Å². The molecule has 0 spiro atoms. The molecule has 3 amide bonds. The molecule has 1 aliphatic rings. The highest BCUT2D eigenvalue weighted by Gasteiger charge is 2.29. The lowest BCUT2D eigenvalue weighted by atomic mass is 10.0. The molecule has 2 rings (SSSR count). The van der Waals surface area contributed by atoms with Crippen molar-refractivity contribution in [2.45, 2.75) is 59.1 Å². The molecule has 0 radical (unpaired) electrons. The normalized spacial score (nSPS) is 22.3. The molecule has 32 heavy (non-hydrogen) atoms. The molecule has 0 fully saturated rings. The van der Waals surface area contributed by atoms with E-state index in [1.165, 1.54) is 0 Å². The van der Waals surface area contributed by atoms with Gasteiger partial charge in [0, 0.05) is 51.7 Å². The Morgan fingerprint density at radius 3 is 2.56 bits per heavy atom. The van der Waals surface area contributed by atoms with Crippen molar-refractivity contribution in [1.82, 2.24) is 9.80 Å². The third-order valence-electron chi connectivity index (χ3n) is 5.83. The number of carbonyl (C=O) groups excluding carboxylic acids is 3. The Morgan fingerprint density at radius 2 is 1.94 bits per heavy atom. The van der Waals surface area contributed by atoms with Crippen LogP contribution in [0.2, 0.25) is 0 Å². The quantitative estimate of drug-likeness (QED) is 0.749. The van der Waals surface area contributed by atoms with Crippen molar-refractivity contribution in [3.63, 3.8) is 0 Å². The van der Waals surface area contributed by atoms with Gasteiger partial charge >= 0.3 is 0 Å². The lowest BCUT2D eigenvalue weighted by molar-refractivity contribution is -0.135. The zero-order chi connectivity index (χ0) is 23.8. The van der Waals surface area contributed by atoms with Crippen LogP contribution in [0.25, 0.3) is 0 Å². The van der Waals surface area contributed by atoms with Crippen LogP contribution in [0.3, 0.4) is 0 Å². The number of amides is 3. The first kappa shape index (κ1) is 25.6. The van der Waals surface area contributed by atoms with Gasteiger partial charge in [0.25, 0.3) is 5.91 Å². The van der Waals surface area contributed by atoms with E-state index in [1.54, 1.807) is 37.3 Å². The van der Waals surface area contributed by atoms with E-state index >= 15 is 0 Å². The molecule has 8 heteroatoms. The Hall–Kier alpha value is -2.61. The average molecular weight is 448 g/mol. The second-order valence-corrected chi connectivity index (χ2v) is 8.51. The van der Waals surface area contributed by atoms with Gasteiger partial charge in [0.1, 0.15) is 12.4 Å². The Labute approximate surface area is 191 Å². The maximum Gasteiger partial charge on any atom is 0.257 e. The average Bonchev–Trinajstić information content (AvgIpc) is 2.77. The number of fused-ring (bicyclic) bond motifs is 1. The number of methoxy groups -OCH3 is 1. The van der Waals surface area contributed by atoms with Gasteiger partial charge in [-0.3, -0.25) is 14.4 Å².